The van der Waals surface area contributed by atoms with Gasteiger partial charge in [-0.2, -0.15) is 9.13 Å². The number of nitrogens with zero attached hydrogens (tertiary/aromatic N) is 2. The van der Waals surface area contributed by atoms with Crippen LogP contribution in [0.3, 0.4) is 0 Å². The number of rotatable bonds is 16. The third-order valence-corrected chi connectivity index (χ3v) is 18.9. The van der Waals surface area contributed by atoms with Crippen LogP contribution < -0.4 is 9.13 Å². The first-order chi connectivity index (χ1) is 43.3. The summed E-state index contributed by atoms with van der Waals surface area (Å²) in [7, 11) is 0. The van der Waals surface area contributed by atoms with Crippen molar-refractivity contribution in [2.75, 3.05) is 0 Å². The molecular weight excluding hydrogens is 1060 g/mol. The van der Waals surface area contributed by atoms with E-state index >= 15 is 0 Å². The van der Waals surface area contributed by atoms with Gasteiger partial charge in [0.05, 0.1) is 16.9 Å². The summed E-state index contributed by atoms with van der Waals surface area (Å²) in [5, 5.41) is 2.51. The standard InChI is InChI=1S/C86H74N2/c1-5-8-26-61-42-44-84-81-40-24-23-39-80(81)83(6-2)86(7-3,88(84)58-61)59-87-46-45-66-35-21-22-38-79(66)85(87)82-57-69(43-41-60(82)4)67-36-25-37-68(47-67)74-54-77(75-50-70(62-27-13-9-14-28-62)48-71(51-75)63-29-15-10-16-30-63)56-78(55-74)76-52-72(64-31-17-11-18-32-64)49-73(53-76)65-33-19-12-20-34-65/h9-25,27-58,83H,5-8,26,59H2,1-4H3/q+2. The average Bonchev–Trinajstić information content (AvgIpc) is 0.998. The number of aromatic nitrogens is 2. The summed E-state index contributed by atoms with van der Waals surface area (Å²) in [6, 6.07) is 107. The molecule has 2 aromatic heterocycles. The molecule has 0 amide bonds. The minimum atomic E-state index is -0.228. The van der Waals surface area contributed by atoms with Crippen molar-refractivity contribution in [2.24, 2.45) is 0 Å². The van der Waals surface area contributed by atoms with Gasteiger partial charge in [0, 0.05) is 29.7 Å². The van der Waals surface area contributed by atoms with Crippen LogP contribution in [0.4, 0.5) is 0 Å². The van der Waals surface area contributed by atoms with E-state index in [-0.39, 0.29) is 5.54 Å². The van der Waals surface area contributed by atoms with Gasteiger partial charge in [0.15, 0.2) is 12.4 Å². The van der Waals surface area contributed by atoms with Gasteiger partial charge in [-0.25, -0.2) is 0 Å². The first-order valence-electron chi connectivity index (χ1n) is 31.8. The highest BCUT2D eigenvalue weighted by Gasteiger charge is 2.55. The van der Waals surface area contributed by atoms with Crippen LogP contribution in [0.5, 0.6) is 0 Å². The van der Waals surface area contributed by atoms with Crippen molar-refractivity contribution < 1.29 is 9.13 Å². The Balaban J connectivity index is 0.929. The molecule has 2 atom stereocenters. The number of hydrogen-bond donors (Lipinski definition) is 0. The second-order valence-electron chi connectivity index (χ2n) is 24.3. The van der Waals surface area contributed by atoms with Gasteiger partial charge < -0.3 is 0 Å². The molecule has 0 bridgehead atoms. The topological polar surface area (TPSA) is 7.76 Å². The first kappa shape index (κ1) is 55.8. The second-order valence-corrected chi connectivity index (χ2v) is 24.3. The second kappa shape index (κ2) is 24.4. The summed E-state index contributed by atoms with van der Waals surface area (Å²) in [4.78, 5) is 0. The van der Waals surface area contributed by atoms with E-state index in [1.54, 1.807) is 0 Å². The highest BCUT2D eigenvalue weighted by atomic mass is 15.1. The van der Waals surface area contributed by atoms with E-state index < -0.39 is 0 Å². The SMILES string of the molecule is CCCCc1ccc2[n+](c1)C(CC)(C[n+]1ccc3ccccc3c1-c1cc(-c3cccc(-c4cc(-c5cc(-c6ccccc6)cc(-c6ccccc6)c5)cc(-c5cc(-c6ccccc6)cc(-c6ccccc6)c5)c4)c3)ccc1C)C(CC)c1ccccc1-2. The number of hydrogen-bond acceptors (Lipinski definition) is 0. The highest BCUT2D eigenvalue weighted by molar-refractivity contribution is 5.95. The van der Waals surface area contributed by atoms with Gasteiger partial charge >= 0.3 is 0 Å². The molecule has 0 saturated heterocycles. The van der Waals surface area contributed by atoms with E-state index in [1.807, 2.05) is 0 Å². The molecule has 0 fully saturated rings. The summed E-state index contributed by atoms with van der Waals surface area (Å²) in [6.07, 6.45) is 10.4. The normalized spacial score (nSPS) is 14.3. The van der Waals surface area contributed by atoms with Crippen molar-refractivity contribution in [3.8, 4) is 112 Å². The van der Waals surface area contributed by atoms with E-state index in [0.717, 1.165) is 48.1 Å². The van der Waals surface area contributed by atoms with E-state index in [1.165, 1.54) is 130 Å². The molecule has 0 radical (unpaired) electrons. The highest BCUT2D eigenvalue weighted by Crippen LogP contribution is 2.47. The zero-order valence-corrected chi connectivity index (χ0v) is 51.0. The van der Waals surface area contributed by atoms with Gasteiger partial charge in [0.1, 0.15) is 0 Å². The maximum atomic E-state index is 2.72. The van der Waals surface area contributed by atoms with Crippen LogP contribution in [-0.4, -0.2) is 0 Å². The lowest BCUT2D eigenvalue weighted by Gasteiger charge is -2.38. The quantitative estimate of drug-likeness (QED) is 0.0852. The summed E-state index contributed by atoms with van der Waals surface area (Å²) in [6.45, 7) is 10.3. The molecule has 14 rings (SSSR count). The Bertz CT molecular complexity index is 4400. The van der Waals surface area contributed by atoms with Gasteiger partial charge in [-0.3, -0.25) is 0 Å². The molecule has 13 aromatic rings. The van der Waals surface area contributed by atoms with Crippen LogP contribution in [0.1, 0.15) is 69.1 Å². The summed E-state index contributed by atoms with van der Waals surface area (Å²) in [5.74, 6) is 0.311. The number of aryl methyl sites for hydroxylation is 2. The molecule has 11 aromatic carbocycles. The maximum Gasteiger partial charge on any atom is 0.232 e. The molecule has 2 nitrogen and oxygen atoms in total. The fraction of sp³-hybridized carbons (Fsp3) is 0.140. The summed E-state index contributed by atoms with van der Waals surface area (Å²) in [5.41, 5.74) is 27.9. The minimum absolute atomic E-state index is 0.228. The molecule has 0 N–H and O–H groups in total. The third kappa shape index (κ3) is 10.8. The average molecular weight is 1140 g/mol. The van der Waals surface area contributed by atoms with Crippen molar-refractivity contribution in [1.82, 2.24) is 0 Å². The fourth-order valence-corrected chi connectivity index (χ4v) is 14.3. The van der Waals surface area contributed by atoms with Gasteiger partial charge in [-0.05, 0) is 217 Å². The lowest BCUT2D eigenvalue weighted by atomic mass is 9.70. The zero-order chi connectivity index (χ0) is 59.6. The van der Waals surface area contributed by atoms with Crippen molar-refractivity contribution in [3.63, 3.8) is 0 Å². The van der Waals surface area contributed by atoms with E-state index in [4.69, 9.17) is 0 Å². The van der Waals surface area contributed by atoms with Crippen LogP contribution in [-0.2, 0) is 18.5 Å². The summed E-state index contributed by atoms with van der Waals surface area (Å²) < 4.78 is 5.35. The lowest BCUT2D eigenvalue weighted by Crippen LogP contribution is -2.68. The van der Waals surface area contributed by atoms with Crippen LogP contribution in [0.25, 0.3) is 122 Å². The first-order valence-corrected chi connectivity index (χ1v) is 31.8. The predicted octanol–water partition coefficient (Wildman–Crippen LogP) is 22.0. The Labute approximate surface area is 520 Å². The van der Waals surface area contributed by atoms with E-state index in [2.05, 4.69) is 334 Å². The van der Waals surface area contributed by atoms with Crippen molar-refractivity contribution in [3.05, 3.63) is 314 Å². The molecule has 3 heterocycles. The maximum absolute atomic E-state index is 2.72. The Morgan fingerprint density at radius 3 is 1.34 bits per heavy atom. The smallest absolute Gasteiger partial charge is 0.190 e. The fourth-order valence-electron chi connectivity index (χ4n) is 14.3. The van der Waals surface area contributed by atoms with Crippen molar-refractivity contribution in [2.45, 2.75) is 77.8 Å². The molecule has 2 heteroatoms. The molecule has 2 unspecified atom stereocenters. The van der Waals surface area contributed by atoms with Crippen LogP contribution in [0.15, 0.2) is 298 Å². The Morgan fingerprint density at radius 2 is 0.818 bits per heavy atom. The van der Waals surface area contributed by atoms with Crippen molar-refractivity contribution in [1.29, 1.82) is 0 Å². The molecule has 0 aliphatic carbocycles. The van der Waals surface area contributed by atoms with Gasteiger partial charge in [-0.1, -0.05) is 215 Å². The van der Waals surface area contributed by atoms with Gasteiger partial charge in [-0.15, -0.1) is 0 Å². The predicted molar refractivity (Wildman–Crippen MR) is 370 cm³/mol. The van der Waals surface area contributed by atoms with Gasteiger partial charge in [0.25, 0.3) is 0 Å². The van der Waals surface area contributed by atoms with Crippen LogP contribution in [0.2, 0.25) is 0 Å². The Hall–Kier alpha value is -10.0. The van der Waals surface area contributed by atoms with Crippen LogP contribution >= 0.6 is 0 Å². The molecular formula is C86H74N2+2. The molecule has 0 spiro atoms. The Kier molecular flexibility index (Phi) is 15.5. The molecule has 426 valence electrons. The van der Waals surface area contributed by atoms with Crippen molar-refractivity contribution >= 4 is 10.8 Å². The summed E-state index contributed by atoms with van der Waals surface area (Å²) >= 11 is 0. The number of unbranched alkanes of at least 4 members (excludes halogenated alkanes) is 1. The molecule has 0 saturated carbocycles. The number of benzene rings is 11. The molecule has 88 heavy (non-hydrogen) atoms. The minimum Gasteiger partial charge on any atom is -0.190 e. The molecule has 1 aliphatic rings. The van der Waals surface area contributed by atoms with E-state index in [9.17, 15) is 0 Å². The zero-order valence-electron chi connectivity index (χ0n) is 51.0. The van der Waals surface area contributed by atoms with Crippen LogP contribution in [0, 0.1) is 6.92 Å². The monoisotopic (exact) mass is 1130 g/mol. The number of pyridine rings is 2. The third-order valence-electron chi connectivity index (χ3n) is 18.9. The van der Waals surface area contributed by atoms with E-state index in [0.29, 0.717) is 5.92 Å². The Morgan fingerprint density at radius 1 is 0.375 bits per heavy atom. The lowest BCUT2D eigenvalue weighted by molar-refractivity contribution is -0.828. The number of fused-ring (bicyclic) bond motifs is 4. The van der Waals surface area contributed by atoms with Gasteiger partial charge in [0.2, 0.25) is 23.5 Å². The molecule has 1 aliphatic heterocycles. The largest absolute Gasteiger partial charge is 0.232 e.